The number of hydrogen-bond donors (Lipinski definition) is 1. The molecule has 0 bridgehead atoms. The van der Waals surface area contributed by atoms with Crippen molar-refractivity contribution in [2.24, 2.45) is 0 Å². The Bertz CT molecular complexity index is 1120. The summed E-state index contributed by atoms with van der Waals surface area (Å²) in [4.78, 5) is 17.0. The number of fused-ring (bicyclic) bond motifs is 1. The fourth-order valence-electron chi connectivity index (χ4n) is 2.65. The van der Waals surface area contributed by atoms with Gasteiger partial charge in [-0.2, -0.15) is 0 Å². The molecule has 3 nitrogen and oxygen atoms in total. The average Bonchev–Trinajstić information content (AvgIpc) is 3.09. The first-order valence-electron chi connectivity index (χ1n) is 7.81. The predicted octanol–water partition coefficient (Wildman–Crippen LogP) is 6.52. The van der Waals surface area contributed by atoms with Gasteiger partial charge < -0.3 is 0 Å². The van der Waals surface area contributed by atoms with Crippen LogP contribution < -0.4 is 5.32 Å². The van der Waals surface area contributed by atoms with E-state index in [0.29, 0.717) is 26.4 Å². The number of halogens is 2. The molecule has 1 N–H and O–H groups in total. The molecule has 0 spiro atoms. The van der Waals surface area contributed by atoms with E-state index in [1.54, 1.807) is 12.1 Å². The third kappa shape index (κ3) is 3.44. The number of rotatable bonds is 3. The minimum Gasteiger partial charge on any atom is -0.298 e. The van der Waals surface area contributed by atoms with Crippen LogP contribution in [0.25, 0.3) is 22.0 Å². The van der Waals surface area contributed by atoms with E-state index in [2.05, 4.69) is 10.3 Å². The molecule has 0 radical (unpaired) electrons. The molecule has 6 heteroatoms. The number of hydrogen-bond acceptors (Lipinski definition) is 3. The van der Waals surface area contributed by atoms with Crippen LogP contribution in [0.15, 0.2) is 66.0 Å². The first-order valence-corrected chi connectivity index (χ1v) is 9.45. The van der Waals surface area contributed by atoms with Crippen LogP contribution in [-0.2, 0) is 0 Å². The Morgan fingerprint density at radius 1 is 0.962 bits per heavy atom. The van der Waals surface area contributed by atoms with Gasteiger partial charge in [0.2, 0.25) is 0 Å². The molecule has 128 valence electrons. The summed E-state index contributed by atoms with van der Waals surface area (Å²) in [5, 5.41) is 8.42. The lowest BCUT2D eigenvalue weighted by Crippen LogP contribution is -2.11. The predicted molar refractivity (Wildman–Crippen MR) is 109 cm³/mol. The topological polar surface area (TPSA) is 42.0 Å². The number of nitrogens with zero attached hydrogens (tertiary/aromatic N) is 1. The molecule has 0 aliphatic rings. The third-order valence-electron chi connectivity index (χ3n) is 3.94. The maximum atomic E-state index is 12.5. The highest BCUT2D eigenvalue weighted by atomic mass is 35.5. The molecular weight excluding hydrogens is 387 g/mol. The third-order valence-corrected chi connectivity index (χ3v) is 5.25. The normalized spacial score (nSPS) is 10.8. The summed E-state index contributed by atoms with van der Waals surface area (Å²) >= 11 is 13.5. The largest absolute Gasteiger partial charge is 0.298 e. The van der Waals surface area contributed by atoms with Crippen molar-refractivity contribution in [3.63, 3.8) is 0 Å². The van der Waals surface area contributed by atoms with E-state index in [9.17, 15) is 4.79 Å². The van der Waals surface area contributed by atoms with Crippen molar-refractivity contribution in [2.75, 3.05) is 5.32 Å². The highest BCUT2D eigenvalue weighted by molar-refractivity contribution is 7.14. The quantitative estimate of drug-likeness (QED) is 0.426. The second-order valence-corrected chi connectivity index (χ2v) is 7.38. The molecule has 4 rings (SSSR count). The van der Waals surface area contributed by atoms with Crippen LogP contribution in [0.2, 0.25) is 10.0 Å². The van der Waals surface area contributed by atoms with Crippen molar-refractivity contribution in [2.45, 2.75) is 0 Å². The molecular formula is C20H12Cl2N2OS. The van der Waals surface area contributed by atoms with Gasteiger partial charge in [-0.05, 0) is 41.1 Å². The molecule has 1 amide bonds. The Morgan fingerprint density at radius 3 is 2.58 bits per heavy atom. The molecule has 0 fully saturated rings. The highest BCUT2D eigenvalue weighted by Crippen LogP contribution is 2.32. The minimum absolute atomic E-state index is 0.196. The fourth-order valence-corrected chi connectivity index (χ4v) is 3.86. The van der Waals surface area contributed by atoms with Crippen molar-refractivity contribution in [1.82, 2.24) is 4.98 Å². The van der Waals surface area contributed by atoms with Crippen molar-refractivity contribution in [3.8, 4) is 11.3 Å². The number of thiazole rings is 1. The Hall–Kier alpha value is -2.40. The molecule has 0 aliphatic heterocycles. The zero-order valence-electron chi connectivity index (χ0n) is 13.4. The van der Waals surface area contributed by atoms with Gasteiger partial charge in [-0.25, -0.2) is 4.98 Å². The summed E-state index contributed by atoms with van der Waals surface area (Å²) < 4.78 is 0. The van der Waals surface area contributed by atoms with Crippen molar-refractivity contribution in [1.29, 1.82) is 0 Å². The van der Waals surface area contributed by atoms with E-state index < -0.39 is 0 Å². The van der Waals surface area contributed by atoms with E-state index in [4.69, 9.17) is 23.2 Å². The van der Waals surface area contributed by atoms with Crippen LogP contribution in [0.4, 0.5) is 5.13 Å². The first-order chi connectivity index (χ1) is 12.6. The second-order valence-electron chi connectivity index (χ2n) is 5.68. The van der Waals surface area contributed by atoms with Gasteiger partial charge in [0.25, 0.3) is 5.91 Å². The molecule has 0 atom stereocenters. The number of benzene rings is 3. The summed E-state index contributed by atoms with van der Waals surface area (Å²) in [7, 11) is 0. The number of aromatic nitrogens is 1. The Balaban J connectivity index is 1.57. The van der Waals surface area contributed by atoms with Crippen LogP contribution in [0.5, 0.6) is 0 Å². The maximum absolute atomic E-state index is 12.5. The smallest absolute Gasteiger partial charge is 0.257 e. The molecule has 1 aromatic heterocycles. The van der Waals surface area contributed by atoms with Crippen LogP contribution in [0, 0.1) is 0 Å². The van der Waals surface area contributed by atoms with Crippen molar-refractivity contribution >= 4 is 56.3 Å². The van der Waals surface area contributed by atoms with Gasteiger partial charge in [-0.15, -0.1) is 11.3 Å². The Kier molecular flexibility index (Phi) is 4.64. The van der Waals surface area contributed by atoms with Crippen LogP contribution in [-0.4, -0.2) is 10.9 Å². The van der Waals surface area contributed by atoms with E-state index in [1.807, 2.05) is 53.9 Å². The monoisotopic (exact) mass is 398 g/mol. The first kappa shape index (κ1) is 17.0. The number of anilines is 1. The van der Waals surface area contributed by atoms with E-state index in [1.165, 1.54) is 11.3 Å². The average molecular weight is 399 g/mol. The highest BCUT2D eigenvalue weighted by Gasteiger charge is 2.12. The molecule has 1 heterocycles. The van der Waals surface area contributed by atoms with Gasteiger partial charge in [0, 0.05) is 21.5 Å². The summed E-state index contributed by atoms with van der Waals surface area (Å²) in [6.45, 7) is 0. The Labute approximate surface area is 164 Å². The van der Waals surface area contributed by atoms with Crippen LogP contribution >= 0.6 is 34.5 Å². The van der Waals surface area contributed by atoms with Gasteiger partial charge >= 0.3 is 0 Å². The van der Waals surface area contributed by atoms with Crippen LogP contribution in [0.1, 0.15) is 10.4 Å². The van der Waals surface area contributed by atoms with Gasteiger partial charge in [0.1, 0.15) is 0 Å². The molecule has 3 aromatic carbocycles. The van der Waals surface area contributed by atoms with Gasteiger partial charge in [-0.1, -0.05) is 53.5 Å². The lowest BCUT2D eigenvalue weighted by atomic mass is 10.1. The molecule has 26 heavy (non-hydrogen) atoms. The summed E-state index contributed by atoms with van der Waals surface area (Å²) in [6.07, 6.45) is 0. The number of nitrogens with one attached hydrogen (secondary N) is 1. The van der Waals surface area contributed by atoms with E-state index in [-0.39, 0.29) is 5.91 Å². The summed E-state index contributed by atoms with van der Waals surface area (Å²) in [6, 6.07) is 18.8. The van der Waals surface area contributed by atoms with Gasteiger partial charge in [0.15, 0.2) is 5.13 Å². The molecule has 0 saturated carbocycles. The van der Waals surface area contributed by atoms with Gasteiger partial charge in [-0.3, -0.25) is 10.1 Å². The van der Waals surface area contributed by atoms with E-state index in [0.717, 1.165) is 16.3 Å². The maximum Gasteiger partial charge on any atom is 0.257 e. The fraction of sp³-hybridized carbons (Fsp3) is 0. The summed E-state index contributed by atoms with van der Waals surface area (Å²) in [5.74, 6) is -0.196. The number of amides is 1. The minimum atomic E-state index is -0.196. The second kappa shape index (κ2) is 7.08. The van der Waals surface area contributed by atoms with Crippen molar-refractivity contribution < 1.29 is 4.79 Å². The molecule has 4 aromatic rings. The lowest BCUT2D eigenvalue weighted by molar-refractivity contribution is 0.102. The molecule has 0 aliphatic carbocycles. The zero-order valence-corrected chi connectivity index (χ0v) is 15.7. The molecule has 0 saturated heterocycles. The Morgan fingerprint density at radius 2 is 1.77 bits per heavy atom. The number of carbonyl (C=O) groups is 1. The summed E-state index contributed by atoms with van der Waals surface area (Å²) in [5.41, 5.74) is 2.06. The van der Waals surface area contributed by atoms with Crippen molar-refractivity contribution in [3.05, 3.63) is 81.7 Å². The zero-order chi connectivity index (χ0) is 18.1. The standard InChI is InChI=1S/C20H12Cl2N2OS/c21-15-7-8-16(17(22)10-15)18-11-26-20(23-18)24-19(25)14-6-5-12-3-1-2-4-13(12)9-14/h1-11H,(H,23,24,25). The van der Waals surface area contributed by atoms with Gasteiger partial charge in [0.05, 0.1) is 10.7 Å². The van der Waals surface area contributed by atoms with Crippen LogP contribution in [0.3, 0.4) is 0 Å². The number of carbonyl (C=O) groups excluding carboxylic acids is 1. The SMILES string of the molecule is O=C(Nc1nc(-c2ccc(Cl)cc2Cl)cs1)c1ccc2ccccc2c1. The lowest BCUT2D eigenvalue weighted by Gasteiger charge is -2.04. The van der Waals surface area contributed by atoms with E-state index >= 15 is 0 Å². The molecule has 0 unspecified atom stereocenters.